The van der Waals surface area contributed by atoms with Gasteiger partial charge in [0.15, 0.2) is 0 Å². The van der Waals surface area contributed by atoms with Gasteiger partial charge in [-0.15, -0.1) is 0 Å². The van der Waals surface area contributed by atoms with Crippen molar-refractivity contribution < 1.29 is 0 Å². The van der Waals surface area contributed by atoms with Crippen LogP contribution in [0.15, 0.2) is 146 Å². The molecule has 0 heterocycles. The van der Waals surface area contributed by atoms with Crippen molar-refractivity contribution in [2.24, 2.45) is 0 Å². The average Bonchev–Trinajstić information content (AvgIpc) is 3.02. The molecule has 2 N–H and O–H groups in total. The molecule has 0 atom stereocenters. The van der Waals surface area contributed by atoms with Crippen LogP contribution in [0.1, 0.15) is 16.7 Å². The fourth-order valence-corrected chi connectivity index (χ4v) is 5.41. The van der Waals surface area contributed by atoms with E-state index in [1.807, 2.05) is 6.08 Å². The summed E-state index contributed by atoms with van der Waals surface area (Å²) in [5.41, 5.74) is 15.1. The van der Waals surface area contributed by atoms with Crippen molar-refractivity contribution in [2.45, 2.75) is 13.8 Å². The van der Waals surface area contributed by atoms with E-state index in [4.69, 9.17) is 0 Å². The average molecular weight is 543 g/mol. The van der Waals surface area contributed by atoms with E-state index in [1.54, 1.807) is 0 Å². The van der Waals surface area contributed by atoms with Crippen LogP contribution >= 0.6 is 0 Å². The minimum Gasteiger partial charge on any atom is -0.356 e. The molecule has 0 unspecified atom stereocenters. The lowest BCUT2D eigenvalue weighted by Gasteiger charge is -2.14. The molecule has 0 amide bonds. The fourth-order valence-electron chi connectivity index (χ4n) is 5.41. The summed E-state index contributed by atoms with van der Waals surface area (Å²) in [6.45, 7) is 8.32. The highest BCUT2D eigenvalue weighted by molar-refractivity contribution is 5.81. The molecule has 0 saturated heterocycles. The Hall–Kier alpha value is -5.34. The Morgan fingerprint density at radius 3 is 1.52 bits per heavy atom. The van der Waals surface area contributed by atoms with Crippen LogP contribution in [0.4, 0.5) is 22.7 Å². The number of nitrogens with one attached hydrogen (secondary N) is 2. The highest BCUT2D eigenvalue weighted by Gasteiger charge is 2.08. The van der Waals surface area contributed by atoms with Gasteiger partial charge in [0.05, 0.1) is 0 Å². The number of hydrogen-bond donors (Lipinski definition) is 2. The zero-order valence-electron chi connectivity index (χ0n) is 24.1. The number of benzene rings is 6. The maximum Gasteiger partial charge on any atom is 0.0390 e. The van der Waals surface area contributed by atoms with Gasteiger partial charge in [-0.1, -0.05) is 104 Å². The zero-order chi connectivity index (χ0) is 28.9. The minimum atomic E-state index is 1.05. The van der Waals surface area contributed by atoms with Gasteiger partial charge < -0.3 is 10.6 Å². The van der Waals surface area contributed by atoms with Gasteiger partial charge in [0.2, 0.25) is 0 Å². The predicted octanol–water partition coefficient (Wildman–Crippen LogP) is 11.4. The van der Waals surface area contributed by atoms with Gasteiger partial charge >= 0.3 is 0 Å². The topological polar surface area (TPSA) is 24.1 Å². The second-order valence-corrected chi connectivity index (χ2v) is 10.6. The molecule has 0 fully saturated rings. The Balaban J connectivity index is 1.15. The number of rotatable bonds is 8. The number of aryl methyl sites for hydroxylation is 2. The lowest BCUT2D eigenvalue weighted by molar-refractivity contribution is 1.45. The first kappa shape index (κ1) is 26.9. The van der Waals surface area contributed by atoms with Crippen LogP contribution in [0.2, 0.25) is 0 Å². The van der Waals surface area contributed by atoms with E-state index in [9.17, 15) is 0 Å². The molecular formula is C40H34N2. The fraction of sp³-hybridized carbons (Fsp3) is 0.0500. The molecule has 0 aliphatic rings. The van der Waals surface area contributed by atoms with Crippen LogP contribution in [-0.2, 0) is 0 Å². The summed E-state index contributed by atoms with van der Waals surface area (Å²) in [6, 6.07) is 49.2. The molecule has 0 bridgehead atoms. The van der Waals surface area contributed by atoms with Crippen molar-refractivity contribution in [3.8, 4) is 33.4 Å². The van der Waals surface area contributed by atoms with Crippen LogP contribution in [0, 0.1) is 13.8 Å². The Labute approximate surface area is 249 Å². The van der Waals surface area contributed by atoms with Crippen molar-refractivity contribution >= 4 is 28.8 Å². The van der Waals surface area contributed by atoms with Crippen molar-refractivity contribution in [3.05, 3.63) is 163 Å². The molecule has 2 heteroatoms. The highest BCUT2D eigenvalue weighted by Crippen LogP contribution is 2.32. The predicted molar refractivity (Wildman–Crippen MR) is 182 cm³/mol. The molecule has 6 rings (SSSR count). The van der Waals surface area contributed by atoms with Crippen molar-refractivity contribution in [1.29, 1.82) is 0 Å². The highest BCUT2D eigenvalue weighted by atomic mass is 14.9. The van der Waals surface area contributed by atoms with E-state index in [2.05, 4.69) is 171 Å². The Kier molecular flexibility index (Phi) is 7.70. The van der Waals surface area contributed by atoms with Gasteiger partial charge in [0.1, 0.15) is 0 Å². The Morgan fingerprint density at radius 2 is 0.952 bits per heavy atom. The molecule has 0 aromatic heterocycles. The summed E-state index contributed by atoms with van der Waals surface area (Å²) in [4.78, 5) is 0. The van der Waals surface area contributed by atoms with Gasteiger partial charge in [0, 0.05) is 22.7 Å². The smallest absolute Gasteiger partial charge is 0.0390 e. The van der Waals surface area contributed by atoms with E-state index in [-0.39, 0.29) is 0 Å². The van der Waals surface area contributed by atoms with Crippen LogP contribution < -0.4 is 10.6 Å². The maximum absolute atomic E-state index is 4.02. The third-order valence-electron chi connectivity index (χ3n) is 7.71. The summed E-state index contributed by atoms with van der Waals surface area (Å²) >= 11 is 0. The van der Waals surface area contributed by atoms with Gasteiger partial charge in [-0.05, 0) is 112 Å². The summed E-state index contributed by atoms with van der Waals surface area (Å²) in [6.07, 6.45) is 1.92. The third kappa shape index (κ3) is 5.89. The first-order valence-electron chi connectivity index (χ1n) is 14.3. The SMILES string of the molecule is C=Cc1ccc(Nc2ccc(-c3ccc(Nc4cccc(-c5ccccc5C)c4)cc3)cc2)cc1-c1ccccc1C. The van der Waals surface area contributed by atoms with Crippen molar-refractivity contribution in [1.82, 2.24) is 0 Å². The summed E-state index contributed by atoms with van der Waals surface area (Å²) in [5.74, 6) is 0. The van der Waals surface area contributed by atoms with E-state index in [0.29, 0.717) is 0 Å². The molecular weight excluding hydrogens is 508 g/mol. The van der Waals surface area contributed by atoms with Crippen molar-refractivity contribution in [2.75, 3.05) is 10.6 Å². The Bertz CT molecular complexity index is 1850. The van der Waals surface area contributed by atoms with Crippen LogP contribution in [0.3, 0.4) is 0 Å². The van der Waals surface area contributed by atoms with E-state index < -0.39 is 0 Å². The first-order valence-corrected chi connectivity index (χ1v) is 14.3. The number of anilines is 4. The molecule has 204 valence electrons. The molecule has 0 aliphatic carbocycles. The summed E-state index contributed by atoms with van der Waals surface area (Å²) in [7, 11) is 0. The monoisotopic (exact) mass is 542 g/mol. The summed E-state index contributed by atoms with van der Waals surface area (Å²) < 4.78 is 0. The minimum absolute atomic E-state index is 1.05. The second-order valence-electron chi connectivity index (χ2n) is 10.6. The van der Waals surface area contributed by atoms with Gasteiger partial charge in [0.25, 0.3) is 0 Å². The molecule has 0 radical (unpaired) electrons. The van der Waals surface area contributed by atoms with Crippen molar-refractivity contribution in [3.63, 3.8) is 0 Å². The standard InChI is InChI=1S/C40H34N2/c1-4-30-16-25-37(27-40(30)39-15-8-6-11-29(39)3)42-35-23-19-32(20-24-35)31-17-21-34(22-18-31)41-36-13-9-12-33(26-36)38-14-7-5-10-28(38)2/h4-27,41-42H,1H2,2-3H3. The third-order valence-corrected chi connectivity index (χ3v) is 7.71. The normalized spacial score (nSPS) is 10.7. The van der Waals surface area contributed by atoms with Gasteiger partial charge in [-0.25, -0.2) is 0 Å². The summed E-state index contributed by atoms with van der Waals surface area (Å²) in [5, 5.41) is 7.14. The maximum atomic E-state index is 4.02. The lowest BCUT2D eigenvalue weighted by Crippen LogP contribution is -1.93. The van der Waals surface area contributed by atoms with Gasteiger partial charge in [-0.2, -0.15) is 0 Å². The molecule has 6 aromatic rings. The van der Waals surface area contributed by atoms with E-state index in [1.165, 1.54) is 44.5 Å². The first-order chi connectivity index (χ1) is 20.6. The molecule has 6 aromatic carbocycles. The lowest BCUT2D eigenvalue weighted by atomic mass is 9.95. The van der Waals surface area contributed by atoms with Gasteiger partial charge in [-0.3, -0.25) is 0 Å². The van der Waals surface area contributed by atoms with E-state index >= 15 is 0 Å². The zero-order valence-corrected chi connectivity index (χ0v) is 24.1. The van der Waals surface area contributed by atoms with E-state index in [0.717, 1.165) is 28.3 Å². The second kappa shape index (κ2) is 12.0. The largest absolute Gasteiger partial charge is 0.356 e. The number of hydrogen-bond acceptors (Lipinski definition) is 2. The molecule has 0 aliphatic heterocycles. The molecule has 42 heavy (non-hydrogen) atoms. The molecule has 0 saturated carbocycles. The molecule has 2 nitrogen and oxygen atoms in total. The Morgan fingerprint density at radius 1 is 0.429 bits per heavy atom. The van der Waals surface area contributed by atoms with Crippen LogP contribution in [0.5, 0.6) is 0 Å². The van der Waals surface area contributed by atoms with Crippen LogP contribution in [0.25, 0.3) is 39.5 Å². The van der Waals surface area contributed by atoms with Crippen LogP contribution in [-0.4, -0.2) is 0 Å². The molecule has 0 spiro atoms. The quantitative estimate of drug-likeness (QED) is 0.200.